The largest absolute Gasteiger partial charge is 0.382 e. The fourth-order valence-electron chi connectivity index (χ4n) is 1.24. The van der Waals surface area contributed by atoms with Crippen molar-refractivity contribution >= 4 is 17.4 Å². The molecule has 0 aliphatic carbocycles. The Labute approximate surface area is 97.9 Å². The molecule has 2 aromatic rings. The number of nitrogens with one attached hydrogen (secondary N) is 1. The van der Waals surface area contributed by atoms with Gasteiger partial charge in [0.05, 0.1) is 24.3 Å². The van der Waals surface area contributed by atoms with Crippen molar-refractivity contribution in [2.75, 3.05) is 11.1 Å². The van der Waals surface area contributed by atoms with Crippen molar-refractivity contribution in [2.45, 2.75) is 6.92 Å². The van der Waals surface area contributed by atoms with Gasteiger partial charge in [-0.1, -0.05) is 0 Å². The Balaban J connectivity index is 2.17. The third-order valence-electron chi connectivity index (χ3n) is 2.19. The van der Waals surface area contributed by atoms with Gasteiger partial charge in [-0.15, -0.1) is 0 Å². The van der Waals surface area contributed by atoms with E-state index >= 15 is 0 Å². The Kier molecular flexibility index (Phi) is 2.95. The predicted octanol–water partition coefficient (Wildman–Crippen LogP) is 1.01. The van der Waals surface area contributed by atoms with Crippen molar-refractivity contribution in [1.82, 2.24) is 15.0 Å². The first-order chi connectivity index (χ1) is 8.16. The van der Waals surface area contributed by atoms with E-state index in [4.69, 9.17) is 5.73 Å². The van der Waals surface area contributed by atoms with Crippen LogP contribution in [0, 0.1) is 6.92 Å². The summed E-state index contributed by atoms with van der Waals surface area (Å²) >= 11 is 0. The van der Waals surface area contributed by atoms with Gasteiger partial charge in [0.1, 0.15) is 11.5 Å². The van der Waals surface area contributed by atoms with E-state index in [2.05, 4.69) is 20.3 Å². The minimum atomic E-state index is -0.339. The van der Waals surface area contributed by atoms with E-state index in [1.807, 2.05) is 13.0 Å². The quantitative estimate of drug-likeness (QED) is 0.801. The maximum atomic E-state index is 11.8. The molecule has 6 nitrogen and oxygen atoms in total. The van der Waals surface area contributed by atoms with Crippen LogP contribution >= 0.6 is 0 Å². The summed E-state index contributed by atoms with van der Waals surface area (Å²) < 4.78 is 0. The highest BCUT2D eigenvalue weighted by molar-refractivity contribution is 6.02. The molecule has 2 aromatic heterocycles. The molecule has 0 spiro atoms. The third kappa shape index (κ3) is 2.54. The molecule has 1 amide bonds. The number of pyridine rings is 1. The van der Waals surface area contributed by atoms with Crippen LogP contribution in [0.3, 0.4) is 0 Å². The summed E-state index contributed by atoms with van der Waals surface area (Å²) in [4.78, 5) is 23.4. The number of nitrogen functional groups attached to an aromatic ring is 1. The molecule has 2 heterocycles. The summed E-state index contributed by atoms with van der Waals surface area (Å²) in [6.07, 6.45) is 5.91. The van der Waals surface area contributed by atoms with Crippen LogP contribution in [0.15, 0.2) is 30.9 Å². The number of hydrogen-bond donors (Lipinski definition) is 2. The van der Waals surface area contributed by atoms with Crippen LogP contribution < -0.4 is 11.1 Å². The Morgan fingerprint density at radius 1 is 1.29 bits per heavy atom. The Morgan fingerprint density at radius 2 is 2.12 bits per heavy atom. The van der Waals surface area contributed by atoms with Crippen molar-refractivity contribution in [1.29, 1.82) is 0 Å². The van der Waals surface area contributed by atoms with Crippen molar-refractivity contribution in [3.8, 4) is 0 Å². The summed E-state index contributed by atoms with van der Waals surface area (Å²) in [5.41, 5.74) is 7.18. The van der Waals surface area contributed by atoms with Crippen LogP contribution in [0.25, 0.3) is 0 Å². The van der Waals surface area contributed by atoms with Crippen LogP contribution in [0.5, 0.6) is 0 Å². The van der Waals surface area contributed by atoms with E-state index in [1.165, 1.54) is 12.4 Å². The first-order valence-corrected chi connectivity index (χ1v) is 4.96. The maximum Gasteiger partial charge on any atom is 0.275 e. The number of anilines is 2. The summed E-state index contributed by atoms with van der Waals surface area (Å²) in [7, 11) is 0. The molecule has 0 unspecified atom stereocenters. The lowest BCUT2D eigenvalue weighted by Gasteiger charge is -2.06. The molecule has 17 heavy (non-hydrogen) atoms. The zero-order valence-corrected chi connectivity index (χ0v) is 9.21. The van der Waals surface area contributed by atoms with Gasteiger partial charge in [0.15, 0.2) is 0 Å². The molecule has 2 rings (SSSR count). The van der Waals surface area contributed by atoms with Gasteiger partial charge in [-0.2, -0.15) is 0 Å². The van der Waals surface area contributed by atoms with Gasteiger partial charge in [0.2, 0.25) is 0 Å². The van der Waals surface area contributed by atoms with Crippen LogP contribution in [-0.2, 0) is 0 Å². The monoisotopic (exact) mass is 229 g/mol. The molecule has 0 aromatic carbocycles. The second-order valence-corrected chi connectivity index (χ2v) is 3.47. The number of aryl methyl sites for hydroxylation is 1. The van der Waals surface area contributed by atoms with E-state index in [0.29, 0.717) is 5.69 Å². The van der Waals surface area contributed by atoms with Crippen molar-refractivity contribution in [3.63, 3.8) is 0 Å². The SMILES string of the molecule is Cc1ccncc1NC(=O)c1cnc(N)cn1. The van der Waals surface area contributed by atoms with Gasteiger partial charge in [0.25, 0.3) is 5.91 Å². The fraction of sp³-hybridized carbons (Fsp3) is 0.0909. The van der Waals surface area contributed by atoms with Crippen LogP contribution in [0.2, 0.25) is 0 Å². The molecule has 0 fully saturated rings. The average Bonchev–Trinajstić information content (AvgIpc) is 2.33. The number of carbonyl (C=O) groups excluding carboxylic acids is 1. The Hall–Kier alpha value is -2.50. The number of rotatable bonds is 2. The van der Waals surface area contributed by atoms with E-state index in [9.17, 15) is 4.79 Å². The second-order valence-electron chi connectivity index (χ2n) is 3.47. The van der Waals surface area contributed by atoms with Crippen molar-refractivity contribution < 1.29 is 4.79 Å². The molecule has 6 heteroatoms. The lowest BCUT2D eigenvalue weighted by atomic mass is 10.2. The van der Waals surface area contributed by atoms with Gasteiger partial charge in [-0.05, 0) is 18.6 Å². The highest BCUT2D eigenvalue weighted by Gasteiger charge is 2.09. The van der Waals surface area contributed by atoms with Crippen LogP contribution in [0.1, 0.15) is 16.1 Å². The third-order valence-corrected chi connectivity index (χ3v) is 2.19. The predicted molar refractivity (Wildman–Crippen MR) is 63.4 cm³/mol. The van der Waals surface area contributed by atoms with Crippen LogP contribution in [-0.4, -0.2) is 20.9 Å². The van der Waals surface area contributed by atoms with E-state index in [1.54, 1.807) is 12.4 Å². The molecule has 0 atom stereocenters. The minimum Gasteiger partial charge on any atom is -0.382 e. The normalized spacial score (nSPS) is 9.94. The molecule has 0 aliphatic rings. The fourth-order valence-corrected chi connectivity index (χ4v) is 1.24. The minimum absolute atomic E-state index is 0.211. The Morgan fingerprint density at radius 3 is 2.76 bits per heavy atom. The summed E-state index contributed by atoms with van der Waals surface area (Å²) in [5, 5.41) is 2.70. The molecule has 0 bridgehead atoms. The summed E-state index contributed by atoms with van der Waals surface area (Å²) in [6, 6.07) is 1.81. The molecular formula is C11H11N5O. The van der Waals surface area contributed by atoms with Crippen molar-refractivity contribution in [2.24, 2.45) is 0 Å². The smallest absolute Gasteiger partial charge is 0.275 e. The number of hydrogen-bond acceptors (Lipinski definition) is 5. The first-order valence-electron chi connectivity index (χ1n) is 4.96. The average molecular weight is 229 g/mol. The standard InChI is InChI=1S/C11H11N5O/c1-7-2-3-13-4-8(7)16-11(17)9-5-15-10(12)6-14-9/h2-6H,1H3,(H2,12,15)(H,16,17). The number of carbonyl (C=O) groups is 1. The van der Waals surface area contributed by atoms with E-state index in [0.717, 1.165) is 5.56 Å². The highest BCUT2D eigenvalue weighted by atomic mass is 16.1. The number of nitrogens with two attached hydrogens (primary N) is 1. The zero-order chi connectivity index (χ0) is 12.3. The van der Waals surface area contributed by atoms with Gasteiger partial charge < -0.3 is 11.1 Å². The highest BCUT2D eigenvalue weighted by Crippen LogP contribution is 2.12. The molecule has 0 aliphatic heterocycles. The number of aromatic nitrogens is 3. The van der Waals surface area contributed by atoms with Crippen LogP contribution in [0.4, 0.5) is 11.5 Å². The van der Waals surface area contributed by atoms with Gasteiger partial charge >= 0.3 is 0 Å². The molecule has 3 N–H and O–H groups in total. The Bertz CT molecular complexity index is 538. The molecular weight excluding hydrogens is 218 g/mol. The van der Waals surface area contributed by atoms with Gasteiger partial charge in [0, 0.05) is 6.20 Å². The lowest BCUT2D eigenvalue weighted by Crippen LogP contribution is -2.15. The molecule has 0 saturated carbocycles. The second kappa shape index (κ2) is 4.56. The first kappa shape index (κ1) is 11.0. The zero-order valence-electron chi connectivity index (χ0n) is 9.21. The van der Waals surface area contributed by atoms with Gasteiger partial charge in [-0.3, -0.25) is 9.78 Å². The van der Waals surface area contributed by atoms with E-state index in [-0.39, 0.29) is 17.4 Å². The summed E-state index contributed by atoms with van der Waals surface area (Å²) in [6.45, 7) is 1.88. The molecule has 0 radical (unpaired) electrons. The molecule has 86 valence electrons. The van der Waals surface area contributed by atoms with Gasteiger partial charge in [-0.25, -0.2) is 9.97 Å². The number of nitrogens with zero attached hydrogens (tertiary/aromatic N) is 3. The maximum absolute atomic E-state index is 11.8. The molecule has 0 saturated heterocycles. The number of amides is 1. The van der Waals surface area contributed by atoms with Crippen molar-refractivity contribution in [3.05, 3.63) is 42.1 Å². The topological polar surface area (TPSA) is 93.8 Å². The lowest BCUT2D eigenvalue weighted by molar-refractivity contribution is 0.102. The summed E-state index contributed by atoms with van der Waals surface area (Å²) in [5.74, 6) is -0.0623. The van der Waals surface area contributed by atoms with E-state index < -0.39 is 0 Å².